The molecule has 1 aliphatic rings. The second kappa shape index (κ2) is 5.96. The Morgan fingerprint density at radius 2 is 2.25 bits per heavy atom. The molecule has 0 heterocycles. The molecule has 2 N–H and O–H groups in total. The topological polar surface area (TPSA) is 92.5 Å². The summed E-state index contributed by atoms with van der Waals surface area (Å²) < 4.78 is 13.2. The van der Waals surface area contributed by atoms with Gasteiger partial charge in [-0.05, 0) is 37.3 Å². The minimum atomic E-state index is -0.967. The summed E-state index contributed by atoms with van der Waals surface area (Å²) in [6.07, 6.45) is 1.89. The number of hydrogen-bond acceptors (Lipinski definition) is 4. The van der Waals surface area contributed by atoms with Crippen molar-refractivity contribution in [3.63, 3.8) is 0 Å². The molecule has 1 saturated carbocycles. The first-order valence-corrected chi connectivity index (χ1v) is 6.37. The Hall–Kier alpha value is -2.02. The van der Waals surface area contributed by atoms with Crippen LogP contribution >= 0.6 is 0 Å². The standard InChI is InChI=1S/C13H15FN2O4/c14-11-4-2-9(6-12(11)16(19)20)13(18)15-7-8-1-3-10(17)5-8/h2,4,6,8,10,17H,1,3,5,7H2,(H,15,18). The van der Waals surface area contributed by atoms with Crippen LogP contribution in [0.5, 0.6) is 0 Å². The van der Waals surface area contributed by atoms with Gasteiger partial charge in [0.2, 0.25) is 5.82 Å². The summed E-state index contributed by atoms with van der Waals surface area (Å²) >= 11 is 0. The van der Waals surface area contributed by atoms with Gasteiger partial charge in [-0.1, -0.05) is 0 Å². The first-order valence-electron chi connectivity index (χ1n) is 6.37. The lowest BCUT2D eigenvalue weighted by Crippen LogP contribution is -2.28. The number of benzene rings is 1. The first kappa shape index (κ1) is 14.4. The summed E-state index contributed by atoms with van der Waals surface area (Å²) in [5, 5.41) is 22.6. The van der Waals surface area contributed by atoms with E-state index in [1.807, 2.05) is 0 Å². The maximum Gasteiger partial charge on any atom is 0.305 e. The normalized spacial score (nSPS) is 21.7. The zero-order chi connectivity index (χ0) is 14.7. The molecule has 1 fully saturated rings. The Bertz CT molecular complexity index is 535. The maximum atomic E-state index is 13.2. The Balaban J connectivity index is 1.99. The number of nitrogens with zero attached hydrogens (tertiary/aromatic N) is 1. The monoisotopic (exact) mass is 282 g/mol. The largest absolute Gasteiger partial charge is 0.393 e. The number of aliphatic hydroxyl groups excluding tert-OH is 1. The molecule has 1 amide bonds. The van der Waals surface area contributed by atoms with E-state index in [-0.39, 0.29) is 17.6 Å². The highest BCUT2D eigenvalue weighted by Crippen LogP contribution is 2.24. The Morgan fingerprint density at radius 3 is 2.85 bits per heavy atom. The molecule has 2 atom stereocenters. The molecule has 0 aromatic heterocycles. The smallest absolute Gasteiger partial charge is 0.305 e. The molecule has 108 valence electrons. The van der Waals surface area contributed by atoms with Gasteiger partial charge in [-0.3, -0.25) is 14.9 Å². The number of carbonyl (C=O) groups excluding carboxylic acids is 1. The van der Waals surface area contributed by atoms with Gasteiger partial charge in [0, 0.05) is 18.2 Å². The van der Waals surface area contributed by atoms with Gasteiger partial charge in [-0.25, -0.2) is 0 Å². The molecular formula is C13H15FN2O4. The van der Waals surface area contributed by atoms with E-state index in [0.717, 1.165) is 25.0 Å². The van der Waals surface area contributed by atoms with Gasteiger partial charge < -0.3 is 10.4 Å². The molecule has 0 radical (unpaired) electrons. The molecule has 0 spiro atoms. The van der Waals surface area contributed by atoms with Crippen LogP contribution in [0.1, 0.15) is 29.6 Å². The van der Waals surface area contributed by atoms with Crippen LogP contribution in [0.25, 0.3) is 0 Å². The van der Waals surface area contributed by atoms with Crippen molar-refractivity contribution in [3.8, 4) is 0 Å². The summed E-state index contributed by atoms with van der Waals surface area (Å²) in [5.74, 6) is -1.23. The second-order valence-electron chi connectivity index (χ2n) is 4.97. The van der Waals surface area contributed by atoms with Crippen molar-refractivity contribution in [1.29, 1.82) is 0 Å². The fraction of sp³-hybridized carbons (Fsp3) is 0.462. The molecule has 1 aliphatic carbocycles. The molecule has 0 bridgehead atoms. The summed E-state index contributed by atoms with van der Waals surface area (Å²) in [7, 11) is 0. The summed E-state index contributed by atoms with van der Waals surface area (Å²) in [5.41, 5.74) is -0.661. The van der Waals surface area contributed by atoms with E-state index in [1.54, 1.807) is 0 Å². The Morgan fingerprint density at radius 1 is 1.50 bits per heavy atom. The van der Waals surface area contributed by atoms with Crippen LogP contribution < -0.4 is 5.32 Å². The van der Waals surface area contributed by atoms with Crippen molar-refractivity contribution in [3.05, 3.63) is 39.7 Å². The van der Waals surface area contributed by atoms with Gasteiger partial charge in [0.05, 0.1) is 11.0 Å². The number of carbonyl (C=O) groups is 1. The zero-order valence-corrected chi connectivity index (χ0v) is 10.7. The van der Waals surface area contributed by atoms with Gasteiger partial charge >= 0.3 is 5.69 Å². The lowest BCUT2D eigenvalue weighted by Gasteiger charge is -2.10. The van der Waals surface area contributed by atoms with E-state index in [4.69, 9.17) is 0 Å². The van der Waals surface area contributed by atoms with Gasteiger partial charge in [-0.15, -0.1) is 0 Å². The third-order valence-corrected chi connectivity index (χ3v) is 3.47. The third-order valence-electron chi connectivity index (χ3n) is 3.47. The third kappa shape index (κ3) is 3.30. The van der Waals surface area contributed by atoms with Crippen molar-refractivity contribution in [2.24, 2.45) is 5.92 Å². The van der Waals surface area contributed by atoms with E-state index in [1.165, 1.54) is 6.07 Å². The van der Waals surface area contributed by atoms with Crippen LogP contribution in [0.4, 0.5) is 10.1 Å². The van der Waals surface area contributed by atoms with E-state index in [2.05, 4.69) is 5.32 Å². The number of nitrogens with one attached hydrogen (secondary N) is 1. The average Bonchev–Trinajstić information content (AvgIpc) is 2.82. The van der Waals surface area contributed by atoms with Crippen molar-refractivity contribution in [2.45, 2.75) is 25.4 Å². The molecular weight excluding hydrogens is 267 g/mol. The molecule has 6 nitrogen and oxygen atoms in total. The number of halogens is 1. The highest BCUT2D eigenvalue weighted by molar-refractivity contribution is 5.94. The quantitative estimate of drug-likeness (QED) is 0.648. The molecule has 0 aliphatic heterocycles. The van der Waals surface area contributed by atoms with E-state index < -0.39 is 22.3 Å². The van der Waals surface area contributed by atoms with Crippen molar-refractivity contribution in [2.75, 3.05) is 6.54 Å². The van der Waals surface area contributed by atoms with Crippen LogP contribution in [0.2, 0.25) is 0 Å². The highest BCUT2D eigenvalue weighted by Gasteiger charge is 2.23. The fourth-order valence-electron chi connectivity index (χ4n) is 2.37. The lowest BCUT2D eigenvalue weighted by atomic mass is 10.1. The fourth-order valence-corrected chi connectivity index (χ4v) is 2.37. The van der Waals surface area contributed by atoms with Crippen LogP contribution in [-0.2, 0) is 0 Å². The second-order valence-corrected chi connectivity index (χ2v) is 4.97. The van der Waals surface area contributed by atoms with Crippen LogP contribution in [0.3, 0.4) is 0 Å². The number of nitro groups is 1. The SMILES string of the molecule is O=C(NCC1CCC(O)C1)c1ccc(F)c([N+](=O)[O-])c1. The number of rotatable bonds is 4. The molecule has 1 aromatic rings. The van der Waals surface area contributed by atoms with Gasteiger partial charge in [-0.2, -0.15) is 4.39 Å². The van der Waals surface area contributed by atoms with Crippen LogP contribution in [0, 0.1) is 21.8 Å². The van der Waals surface area contributed by atoms with Crippen LogP contribution in [-0.4, -0.2) is 28.6 Å². The molecule has 2 rings (SSSR count). The number of hydrogen-bond donors (Lipinski definition) is 2. The predicted octanol–water partition coefficient (Wildman–Crippen LogP) is 1.62. The van der Waals surface area contributed by atoms with Crippen molar-refractivity contribution < 1.29 is 19.2 Å². The molecule has 2 unspecified atom stereocenters. The van der Waals surface area contributed by atoms with E-state index in [0.29, 0.717) is 13.0 Å². The molecule has 7 heteroatoms. The lowest BCUT2D eigenvalue weighted by molar-refractivity contribution is -0.387. The van der Waals surface area contributed by atoms with E-state index in [9.17, 15) is 24.4 Å². The van der Waals surface area contributed by atoms with E-state index >= 15 is 0 Å². The summed E-state index contributed by atoms with van der Waals surface area (Å²) in [6, 6.07) is 3.04. The number of nitro benzene ring substituents is 1. The zero-order valence-electron chi connectivity index (χ0n) is 10.7. The van der Waals surface area contributed by atoms with Gasteiger partial charge in [0.25, 0.3) is 5.91 Å². The summed E-state index contributed by atoms with van der Waals surface area (Å²) in [6.45, 7) is 0.404. The number of aliphatic hydroxyl groups is 1. The van der Waals surface area contributed by atoms with Gasteiger partial charge in [0.15, 0.2) is 0 Å². The summed E-state index contributed by atoms with van der Waals surface area (Å²) in [4.78, 5) is 21.6. The predicted molar refractivity (Wildman–Crippen MR) is 68.7 cm³/mol. The minimum absolute atomic E-state index is 0.0524. The molecule has 1 aromatic carbocycles. The Kier molecular flexibility index (Phi) is 4.29. The van der Waals surface area contributed by atoms with Crippen molar-refractivity contribution >= 4 is 11.6 Å². The molecule has 20 heavy (non-hydrogen) atoms. The number of amides is 1. The maximum absolute atomic E-state index is 13.2. The molecule has 0 saturated heterocycles. The van der Waals surface area contributed by atoms with Gasteiger partial charge in [0.1, 0.15) is 0 Å². The average molecular weight is 282 g/mol. The first-order chi connectivity index (χ1) is 9.47. The van der Waals surface area contributed by atoms with Crippen LogP contribution in [0.15, 0.2) is 18.2 Å². The minimum Gasteiger partial charge on any atom is -0.393 e. The van der Waals surface area contributed by atoms with Crippen molar-refractivity contribution in [1.82, 2.24) is 5.32 Å². The Labute approximate surface area is 114 Å². The highest BCUT2D eigenvalue weighted by atomic mass is 19.1.